The maximum Gasteiger partial charge on any atom is 0.295 e. The topological polar surface area (TPSA) is 85.3 Å². The van der Waals surface area contributed by atoms with Gasteiger partial charge in [-0.3, -0.25) is 19.2 Å². The molecule has 0 aliphatic carbocycles. The number of hydrogen-bond donors (Lipinski definition) is 2. The number of likely N-dealkylation sites (tertiary alicyclic amines) is 1. The maximum absolute atomic E-state index is 12.8. The molecule has 1 amide bonds. The number of anilines is 1. The van der Waals surface area contributed by atoms with E-state index in [9.17, 15) is 9.59 Å². The zero-order valence-electron chi connectivity index (χ0n) is 14.9. The normalized spacial score (nSPS) is 20.8. The van der Waals surface area contributed by atoms with Crippen LogP contribution in [0.2, 0.25) is 0 Å². The number of nitrogens with one attached hydrogen (secondary N) is 1. The van der Waals surface area contributed by atoms with Crippen molar-refractivity contribution in [1.29, 1.82) is 0 Å². The van der Waals surface area contributed by atoms with Crippen LogP contribution in [0.25, 0.3) is 5.69 Å². The molecule has 25 heavy (non-hydrogen) atoms. The van der Waals surface area contributed by atoms with Crippen LogP contribution in [-0.2, 0) is 11.8 Å². The molecule has 3 rings (SSSR count). The van der Waals surface area contributed by atoms with Crippen molar-refractivity contribution in [2.24, 2.45) is 18.7 Å². The molecule has 0 unspecified atom stereocenters. The summed E-state index contributed by atoms with van der Waals surface area (Å²) in [6.07, 6.45) is 0. The van der Waals surface area contributed by atoms with E-state index >= 15 is 0 Å². The average molecular weight is 343 g/mol. The Morgan fingerprint density at radius 3 is 2.56 bits per heavy atom. The highest BCUT2D eigenvalue weighted by atomic mass is 16.2. The quantitative estimate of drug-likeness (QED) is 0.856. The summed E-state index contributed by atoms with van der Waals surface area (Å²) in [6, 6.07) is 9.47. The van der Waals surface area contributed by atoms with Crippen molar-refractivity contribution in [1.82, 2.24) is 14.3 Å². The van der Waals surface area contributed by atoms with Gasteiger partial charge in [-0.25, -0.2) is 4.68 Å². The minimum atomic E-state index is -0.231. The molecule has 0 radical (unpaired) electrons. The van der Waals surface area contributed by atoms with Gasteiger partial charge in [0.1, 0.15) is 5.69 Å². The summed E-state index contributed by atoms with van der Waals surface area (Å²) in [5, 5.41) is 2.79. The van der Waals surface area contributed by atoms with Crippen molar-refractivity contribution >= 4 is 11.6 Å². The van der Waals surface area contributed by atoms with Crippen molar-refractivity contribution in [2.75, 3.05) is 25.0 Å². The molecule has 134 valence electrons. The second-order valence-corrected chi connectivity index (χ2v) is 6.82. The minimum Gasteiger partial charge on any atom is -0.326 e. The lowest BCUT2D eigenvalue weighted by Crippen LogP contribution is -2.34. The Morgan fingerprint density at radius 2 is 1.96 bits per heavy atom. The highest BCUT2D eigenvalue weighted by Crippen LogP contribution is 2.16. The lowest BCUT2D eigenvalue weighted by molar-refractivity contribution is -0.117. The SMILES string of the molecule is Cc1c(NC(=O)CN2C[C@@H](C)[C@H](N)C2)c(=O)n(-c2ccccc2)n1C. The Morgan fingerprint density at radius 1 is 1.28 bits per heavy atom. The molecule has 0 bridgehead atoms. The molecule has 2 aromatic rings. The number of nitrogens with zero attached hydrogens (tertiary/aromatic N) is 3. The van der Waals surface area contributed by atoms with Gasteiger partial charge >= 0.3 is 0 Å². The van der Waals surface area contributed by atoms with Gasteiger partial charge in [-0.1, -0.05) is 25.1 Å². The lowest BCUT2D eigenvalue weighted by atomic mass is 10.1. The van der Waals surface area contributed by atoms with Gasteiger partial charge in [-0.2, -0.15) is 0 Å². The van der Waals surface area contributed by atoms with Crippen LogP contribution >= 0.6 is 0 Å². The van der Waals surface area contributed by atoms with E-state index < -0.39 is 0 Å². The van der Waals surface area contributed by atoms with Crippen LogP contribution in [0.5, 0.6) is 0 Å². The fourth-order valence-corrected chi connectivity index (χ4v) is 3.32. The van der Waals surface area contributed by atoms with Gasteiger partial charge in [0.15, 0.2) is 0 Å². The maximum atomic E-state index is 12.8. The molecule has 1 aromatic carbocycles. The number of rotatable bonds is 4. The fourth-order valence-electron chi connectivity index (χ4n) is 3.32. The minimum absolute atomic E-state index is 0.0987. The molecule has 1 aromatic heterocycles. The Bertz CT molecular complexity index is 814. The first-order chi connectivity index (χ1) is 11.9. The zero-order valence-corrected chi connectivity index (χ0v) is 14.9. The van der Waals surface area contributed by atoms with Gasteiger partial charge in [0.25, 0.3) is 5.56 Å². The molecule has 1 fully saturated rings. The highest BCUT2D eigenvalue weighted by Gasteiger charge is 2.28. The van der Waals surface area contributed by atoms with Crippen LogP contribution < -0.4 is 16.6 Å². The van der Waals surface area contributed by atoms with Crippen molar-refractivity contribution in [3.63, 3.8) is 0 Å². The summed E-state index contributed by atoms with van der Waals surface area (Å²) in [6.45, 7) is 5.66. The lowest BCUT2D eigenvalue weighted by Gasteiger charge is -2.14. The smallest absolute Gasteiger partial charge is 0.295 e. The van der Waals surface area contributed by atoms with E-state index in [1.165, 1.54) is 0 Å². The van der Waals surface area contributed by atoms with E-state index in [0.717, 1.165) is 12.2 Å². The van der Waals surface area contributed by atoms with E-state index in [2.05, 4.69) is 12.2 Å². The molecule has 3 N–H and O–H groups in total. The number of para-hydroxylation sites is 1. The highest BCUT2D eigenvalue weighted by molar-refractivity contribution is 5.92. The van der Waals surface area contributed by atoms with Crippen LogP contribution in [0.3, 0.4) is 0 Å². The largest absolute Gasteiger partial charge is 0.326 e. The van der Waals surface area contributed by atoms with Crippen molar-refractivity contribution in [2.45, 2.75) is 19.9 Å². The molecule has 7 heteroatoms. The second kappa shape index (κ2) is 6.85. The molecule has 2 heterocycles. The Labute approximate surface area is 147 Å². The molecular formula is C18H25N5O2. The number of carbonyl (C=O) groups is 1. The van der Waals surface area contributed by atoms with Crippen molar-refractivity contribution in [3.05, 3.63) is 46.4 Å². The van der Waals surface area contributed by atoms with E-state index in [0.29, 0.717) is 23.8 Å². The van der Waals surface area contributed by atoms with Crippen LogP contribution in [0.1, 0.15) is 12.6 Å². The van der Waals surface area contributed by atoms with Crippen LogP contribution in [0, 0.1) is 12.8 Å². The number of benzene rings is 1. The van der Waals surface area contributed by atoms with Gasteiger partial charge < -0.3 is 11.1 Å². The number of hydrogen-bond acceptors (Lipinski definition) is 4. The van der Waals surface area contributed by atoms with Crippen LogP contribution in [-0.4, -0.2) is 45.8 Å². The predicted octanol–water partition coefficient (Wildman–Crippen LogP) is 0.702. The number of amides is 1. The molecule has 2 atom stereocenters. The zero-order chi connectivity index (χ0) is 18.1. The van der Waals surface area contributed by atoms with Gasteiger partial charge in [0.2, 0.25) is 5.91 Å². The molecular weight excluding hydrogens is 318 g/mol. The van der Waals surface area contributed by atoms with Crippen molar-refractivity contribution < 1.29 is 4.79 Å². The fraction of sp³-hybridized carbons (Fsp3) is 0.444. The first-order valence-corrected chi connectivity index (χ1v) is 8.50. The second-order valence-electron chi connectivity index (χ2n) is 6.82. The van der Waals surface area contributed by atoms with Crippen LogP contribution in [0.15, 0.2) is 35.1 Å². The summed E-state index contributed by atoms with van der Waals surface area (Å²) in [5.41, 5.74) is 7.58. The number of carbonyl (C=O) groups excluding carboxylic acids is 1. The number of aromatic nitrogens is 2. The van der Waals surface area contributed by atoms with Gasteiger partial charge in [-0.05, 0) is 25.0 Å². The summed E-state index contributed by atoms with van der Waals surface area (Å²) < 4.78 is 3.31. The Kier molecular flexibility index (Phi) is 4.78. The number of nitrogens with two attached hydrogens (primary N) is 1. The molecule has 1 aliphatic heterocycles. The molecule has 1 aliphatic rings. The molecule has 7 nitrogen and oxygen atoms in total. The first kappa shape index (κ1) is 17.4. The third kappa shape index (κ3) is 3.38. The molecule has 1 saturated heterocycles. The van der Waals surface area contributed by atoms with Gasteiger partial charge in [-0.15, -0.1) is 0 Å². The summed E-state index contributed by atoms with van der Waals surface area (Å²) in [7, 11) is 1.81. The summed E-state index contributed by atoms with van der Waals surface area (Å²) in [5.74, 6) is 0.189. The van der Waals surface area contributed by atoms with E-state index in [-0.39, 0.29) is 24.1 Å². The first-order valence-electron chi connectivity index (χ1n) is 8.50. The standard InChI is InChI=1S/C18H25N5O2/c1-12-9-22(10-15(12)19)11-16(24)20-17-13(2)21(3)23(18(17)25)14-7-5-4-6-8-14/h4-8,12,15H,9-11,19H2,1-3H3,(H,20,24)/t12-,15-/m1/s1. The van der Waals surface area contributed by atoms with Gasteiger partial charge in [0, 0.05) is 26.2 Å². The van der Waals surface area contributed by atoms with Crippen LogP contribution in [0.4, 0.5) is 5.69 Å². The van der Waals surface area contributed by atoms with E-state index in [1.54, 1.807) is 16.4 Å². The third-order valence-electron chi connectivity index (χ3n) is 4.93. The molecule has 0 spiro atoms. The van der Waals surface area contributed by atoms with E-state index in [1.807, 2.05) is 42.2 Å². The Balaban J connectivity index is 1.79. The monoisotopic (exact) mass is 343 g/mol. The van der Waals surface area contributed by atoms with Gasteiger partial charge in [0.05, 0.1) is 17.9 Å². The third-order valence-corrected chi connectivity index (χ3v) is 4.93. The van der Waals surface area contributed by atoms with E-state index in [4.69, 9.17) is 5.73 Å². The van der Waals surface area contributed by atoms with Crippen molar-refractivity contribution in [3.8, 4) is 5.69 Å². The predicted molar refractivity (Wildman–Crippen MR) is 98.0 cm³/mol. The Hall–Kier alpha value is -2.38. The molecule has 0 saturated carbocycles. The summed E-state index contributed by atoms with van der Waals surface area (Å²) >= 11 is 0. The average Bonchev–Trinajstić information content (AvgIpc) is 2.99. The summed E-state index contributed by atoms with van der Waals surface area (Å²) in [4.78, 5) is 27.2.